The summed E-state index contributed by atoms with van der Waals surface area (Å²) in [6, 6.07) is 0. The van der Waals surface area contributed by atoms with Gasteiger partial charge in [-0.15, -0.1) is 0 Å². The molecule has 0 bridgehead atoms. The molecule has 16 heteroatoms. The van der Waals surface area contributed by atoms with E-state index in [1.165, 1.54) is 0 Å². The minimum absolute atomic E-state index is 0.173. The Morgan fingerprint density at radius 2 is 0.658 bits per heavy atom. The number of aliphatic hydroxyl groups excluding tert-OH is 8. The molecule has 2 amide bonds. The van der Waals surface area contributed by atoms with Crippen LogP contribution in [0.1, 0.15) is 51.4 Å². The Bertz CT molecular complexity index is 679. The number of amides is 2. The molecule has 0 aromatic heterocycles. The molecule has 0 heterocycles. The quantitative estimate of drug-likeness (QED) is 0.0592. The van der Waals surface area contributed by atoms with Crippen molar-refractivity contribution in [1.82, 2.24) is 10.6 Å². The van der Waals surface area contributed by atoms with Crippen LogP contribution in [-0.4, -0.2) is 137 Å². The molecule has 0 aromatic carbocycles. The highest BCUT2D eigenvalue weighted by atomic mass is 16.4. The van der Waals surface area contributed by atoms with E-state index >= 15 is 0 Å². The average Bonchev–Trinajstić information content (AvgIpc) is 2.89. The third kappa shape index (κ3) is 12.9. The first-order valence-electron chi connectivity index (χ1n) is 12.2. The number of carbonyl (C=O) groups is 4. The smallest absolute Gasteiger partial charge is 0.335 e. The number of carbonyl (C=O) groups excluding carboxylic acids is 2. The van der Waals surface area contributed by atoms with E-state index < -0.39 is 72.6 Å². The molecule has 0 rings (SSSR count). The van der Waals surface area contributed by atoms with E-state index in [2.05, 4.69) is 10.6 Å². The molecule has 16 nitrogen and oxygen atoms in total. The topological polar surface area (TPSA) is 295 Å². The molecule has 0 unspecified atom stereocenters. The molecule has 8 atom stereocenters. The molecule has 0 radical (unpaired) electrons. The predicted octanol–water partition coefficient (Wildman–Crippen LogP) is -4.60. The van der Waals surface area contributed by atoms with Gasteiger partial charge < -0.3 is 61.7 Å². The number of nitrogens with one attached hydrogen (secondary N) is 2. The molecule has 0 spiro atoms. The Kier molecular flexibility index (Phi) is 17.5. The van der Waals surface area contributed by atoms with Gasteiger partial charge in [-0.25, -0.2) is 9.59 Å². The summed E-state index contributed by atoms with van der Waals surface area (Å²) in [7, 11) is 0. The van der Waals surface area contributed by atoms with Crippen LogP contribution in [0.4, 0.5) is 0 Å². The standard InChI is InChI=1S/C22H40N2O14/c25-11(13(27)17(31)21(35)36)15(29)19(33)23-9-7-5-3-1-2-4-6-8-10-24-20(34)16(30)12(26)14(28)18(32)22(37)38/h11-18,25-32H,1-10H2,(H,23,33)(H,24,34)(H,35,36)(H,37,38)/t11-,12-,13-,14-,15-,16-,17+,18+/m0/s1. The van der Waals surface area contributed by atoms with Crippen LogP contribution in [0.5, 0.6) is 0 Å². The Hall–Kier alpha value is -2.44. The second-order valence-corrected chi connectivity index (χ2v) is 8.83. The fourth-order valence-electron chi connectivity index (χ4n) is 3.29. The van der Waals surface area contributed by atoms with E-state index in [0.29, 0.717) is 12.8 Å². The third-order valence-corrected chi connectivity index (χ3v) is 5.74. The molecular formula is C22H40N2O14. The second-order valence-electron chi connectivity index (χ2n) is 8.83. The van der Waals surface area contributed by atoms with E-state index in [-0.39, 0.29) is 13.1 Å². The van der Waals surface area contributed by atoms with Crippen LogP contribution in [0.3, 0.4) is 0 Å². The maximum absolute atomic E-state index is 11.8. The van der Waals surface area contributed by atoms with Gasteiger partial charge in [0.1, 0.15) is 24.4 Å². The lowest BCUT2D eigenvalue weighted by Crippen LogP contribution is -2.52. The number of hydrogen-bond acceptors (Lipinski definition) is 12. The summed E-state index contributed by atoms with van der Waals surface area (Å²) in [5.74, 6) is -5.67. The lowest BCUT2D eigenvalue weighted by atomic mass is 10.0. The molecule has 38 heavy (non-hydrogen) atoms. The van der Waals surface area contributed by atoms with Crippen LogP contribution in [0, 0.1) is 0 Å². The van der Waals surface area contributed by atoms with Crippen LogP contribution in [-0.2, 0) is 19.2 Å². The van der Waals surface area contributed by atoms with Crippen molar-refractivity contribution in [3.63, 3.8) is 0 Å². The first-order valence-corrected chi connectivity index (χ1v) is 12.2. The molecule has 0 aliphatic carbocycles. The van der Waals surface area contributed by atoms with Crippen molar-refractivity contribution < 1.29 is 70.2 Å². The molecule has 0 aliphatic rings. The molecular weight excluding hydrogens is 516 g/mol. The van der Waals surface area contributed by atoms with Gasteiger partial charge in [-0.1, -0.05) is 38.5 Å². The third-order valence-electron chi connectivity index (χ3n) is 5.74. The molecule has 0 saturated carbocycles. The Morgan fingerprint density at radius 1 is 0.421 bits per heavy atom. The summed E-state index contributed by atoms with van der Waals surface area (Å²) in [5, 5.41) is 97.7. The average molecular weight is 557 g/mol. The fraction of sp³-hybridized carbons (Fsp3) is 0.818. The Labute approximate surface area is 218 Å². The van der Waals surface area contributed by atoms with Gasteiger partial charge in [-0.05, 0) is 12.8 Å². The van der Waals surface area contributed by atoms with Gasteiger partial charge in [-0.3, -0.25) is 9.59 Å². The van der Waals surface area contributed by atoms with Gasteiger partial charge in [0.15, 0.2) is 24.4 Å². The second kappa shape index (κ2) is 18.8. The monoisotopic (exact) mass is 556 g/mol. The first-order chi connectivity index (χ1) is 17.7. The zero-order valence-corrected chi connectivity index (χ0v) is 20.8. The van der Waals surface area contributed by atoms with Crippen molar-refractivity contribution in [2.45, 2.75) is 100 Å². The largest absolute Gasteiger partial charge is 0.479 e. The minimum Gasteiger partial charge on any atom is -0.479 e. The van der Waals surface area contributed by atoms with Crippen molar-refractivity contribution in [3.05, 3.63) is 0 Å². The summed E-state index contributed by atoms with van der Waals surface area (Å²) in [4.78, 5) is 44.7. The summed E-state index contributed by atoms with van der Waals surface area (Å²) in [6.45, 7) is 0.347. The zero-order chi connectivity index (χ0) is 29.4. The van der Waals surface area contributed by atoms with Crippen molar-refractivity contribution in [2.24, 2.45) is 0 Å². The van der Waals surface area contributed by atoms with Crippen LogP contribution in [0.2, 0.25) is 0 Å². The molecule has 0 fully saturated rings. The number of hydrogen-bond donors (Lipinski definition) is 12. The number of aliphatic hydroxyl groups is 8. The Balaban J connectivity index is 3.87. The normalized spacial score (nSPS) is 17.8. The Morgan fingerprint density at radius 3 is 0.921 bits per heavy atom. The fourth-order valence-corrected chi connectivity index (χ4v) is 3.29. The summed E-state index contributed by atoms with van der Waals surface area (Å²) < 4.78 is 0. The number of unbranched alkanes of at least 4 members (excludes halogenated alkanes) is 7. The van der Waals surface area contributed by atoms with E-state index in [1.807, 2.05) is 0 Å². The number of carboxylic acid groups (broad SMARTS) is 2. The van der Waals surface area contributed by atoms with Crippen molar-refractivity contribution in [3.8, 4) is 0 Å². The van der Waals surface area contributed by atoms with Gasteiger partial charge in [0.25, 0.3) is 11.8 Å². The number of carboxylic acids is 2. The lowest BCUT2D eigenvalue weighted by molar-refractivity contribution is -0.166. The maximum atomic E-state index is 11.8. The SMILES string of the molecule is O=C(NCCCCCCCCCCNC(=O)[C@@H](O)[C@@H](O)[C@H](O)[C@@H](O)C(=O)O)[C@@H](O)[C@@H](O)[C@H](O)[C@@H](O)C(=O)O. The van der Waals surface area contributed by atoms with Gasteiger partial charge >= 0.3 is 11.9 Å². The van der Waals surface area contributed by atoms with Gasteiger partial charge in [0, 0.05) is 13.1 Å². The van der Waals surface area contributed by atoms with Gasteiger partial charge in [0.2, 0.25) is 0 Å². The predicted molar refractivity (Wildman–Crippen MR) is 126 cm³/mol. The zero-order valence-electron chi connectivity index (χ0n) is 20.8. The van der Waals surface area contributed by atoms with Crippen molar-refractivity contribution in [2.75, 3.05) is 13.1 Å². The first kappa shape index (κ1) is 35.6. The van der Waals surface area contributed by atoms with Gasteiger partial charge in [0.05, 0.1) is 0 Å². The molecule has 0 saturated heterocycles. The van der Waals surface area contributed by atoms with E-state index in [0.717, 1.165) is 38.5 Å². The summed E-state index contributed by atoms with van der Waals surface area (Å²) in [6.07, 6.45) is -11.7. The van der Waals surface area contributed by atoms with Crippen molar-refractivity contribution >= 4 is 23.8 Å². The van der Waals surface area contributed by atoms with Crippen LogP contribution >= 0.6 is 0 Å². The number of aliphatic carboxylic acids is 2. The molecule has 222 valence electrons. The van der Waals surface area contributed by atoms with Crippen LogP contribution in [0.25, 0.3) is 0 Å². The van der Waals surface area contributed by atoms with E-state index in [4.69, 9.17) is 20.4 Å². The minimum atomic E-state index is -2.36. The lowest BCUT2D eigenvalue weighted by Gasteiger charge is -2.24. The summed E-state index contributed by atoms with van der Waals surface area (Å²) >= 11 is 0. The highest BCUT2D eigenvalue weighted by Crippen LogP contribution is 2.10. The molecule has 12 N–H and O–H groups in total. The van der Waals surface area contributed by atoms with Gasteiger partial charge in [-0.2, -0.15) is 0 Å². The highest BCUT2D eigenvalue weighted by molar-refractivity contribution is 5.82. The maximum Gasteiger partial charge on any atom is 0.335 e. The van der Waals surface area contributed by atoms with Crippen LogP contribution in [0.15, 0.2) is 0 Å². The molecule has 0 aromatic rings. The number of rotatable bonds is 21. The molecule has 0 aliphatic heterocycles. The summed E-state index contributed by atoms with van der Waals surface area (Å²) in [5.41, 5.74) is 0. The highest BCUT2D eigenvalue weighted by Gasteiger charge is 2.38. The van der Waals surface area contributed by atoms with Crippen LogP contribution < -0.4 is 10.6 Å². The van der Waals surface area contributed by atoms with E-state index in [1.54, 1.807) is 0 Å². The van der Waals surface area contributed by atoms with Crippen molar-refractivity contribution in [1.29, 1.82) is 0 Å². The van der Waals surface area contributed by atoms with E-state index in [9.17, 15) is 49.8 Å².